The molecule has 4 amide bonds. The van der Waals surface area contributed by atoms with E-state index in [1.165, 1.54) is 6.07 Å². The summed E-state index contributed by atoms with van der Waals surface area (Å²) in [5.74, 6) is -1.01. The molecule has 1 unspecified atom stereocenters. The highest BCUT2D eigenvalue weighted by Crippen LogP contribution is 2.31. The molecule has 2 N–H and O–H groups in total. The predicted octanol–water partition coefficient (Wildman–Crippen LogP) is 4.70. The Morgan fingerprint density at radius 1 is 1.07 bits per heavy atom. The maximum absolute atomic E-state index is 13.0. The maximum Gasteiger partial charge on any atom is 0.325 e. The highest BCUT2D eigenvalue weighted by molar-refractivity contribution is 6.42. The van der Waals surface area contributed by atoms with E-state index >= 15 is 0 Å². The van der Waals surface area contributed by atoms with Gasteiger partial charge in [0.2, 0.25) is 5.91 Å². The van der Waals surface area contributed by atoms with Crippen LogP contribution in [0, 0.1) is 0 Å². The maximum atomic E-state index is 13.0. The first kappa shape index (κ1) is 22.1. The van der Waals surface area contributed by atoms with Crippen molar-refractivity contribution in [1.29, 1.82) is 0 Å². The van der Waals surface area contributed by atoms with Crippen molar-refractivity contribution in [3.8, 4) is 0 Å². The molecule has 3 rings (SSSR count). The number of imide groups is 1. The summed E-state index contributed by atoms with van der Waals surface area (Å²) in [6, 6.07) is 11.6. The third kappa shape index (κ3) is 4.30. The van der Waals surface area contributed by atoms with Crippen LogP contribution in [0.5, 0.6) is 0 Å². The molecule has 0 radical (unpaired) electrons. The second kappa shape index (κ2) is 7.93. The second-order valence-corrected chi connectivity index (χ2v) is 9.27. The average molecular weight is 448 g/mol. The van der Waals surface area contributed by atoms with Gasteiger partial charge in [-0.15, -0.1) is 0 Å². The van der Waals surface area contributed by atoms with Crippen molar-refractivity contribution >= 4 is 46.7 Å². The molecule has 1 aliphatic heterocycles. The molecular weight excluding hydrogens is 425 g/mol. The Hall–Kier alpha value is -2.57. The number of benzene rings is 2. The molecule has 1 heterocycles. The molecular formula is C22H23Cl2N3O3. The van der Waals surface area contributed by atoms with Gasteiger partial charge >= 0.3 is 6.03 Å². The number of nitrogens with zero attached hydrogens (tertiary/aromatic N) is 1. The number of carbonyl (C=O) groups excluding carboxylic acids is 3. The zero-order valence-corrected chi connectivity index (χ0v) is 18.7. The standard InChI is InChI=1S/C22H23Cl2N3O3/c1-21(2,3)13-5-7-14(8-6-13)22(4)19(29)27(20(30)26-22)12-18(28)25-15-9-10-16(23)17(24)11-15/h5-11H,12H2,1-4H3,(H,25,28)(H,26,30). The fourth-order valence-electron chi connectivity index (χ4n) is 3.26. The van der Waals surface area contributed by atoms with Crippen molar-refractivity contribution in [3.05, 3.63) is 63.6 Å². The van der Waals surface area contributed by atoms with Gasteiger partial charge in [0.25, 0.3) is 5.91 Å². The Kier molecular flexibility index (Phi) is 5.85. The minimum Gasteiger partial charge on any atom is -0.324 e. The van der Waals surface area contributed by atoms with Gasteiger partial charge in [-0.1, -0.05) is 68.2 Å². The van der Waals surface area contributed by atoms with Crippen LogP contribution in [0.2, 0.25) is 10.0 Å². The summed E-state index contributed by atoms with van der Waals surface area (Å²) in [6.07, 6.45) is 0. The highest BCUT2D eigenvalue weighted by Gasteiger charge is 2.49. The van der Waals surface area contributed by atoms with E-state index in [-0.39, 0.29) is 10.4 Å². The average Bonchev–Trinajstić information content (AvgIpc) is 2.88. The van der Waals surface area contributed by atoms with Gasteiger partial charge in [-0.25, -0.2) is 4.79 Å². The number of hydrogen-bond donors (Lipinski definition) is 2. The molecule has 1 atom stereocenters. The van der Waals surface area contributed by atoms with E-state index < -0.39 is 29.9 Å². The van der Waals surface area contributed by atoms with Crippen LogP contribution in [0.4, 0.5) is 10.5 Å². The van der Waals surface area contributed by atoms with E-state index in [2.05, 4.69) is 31.4 Å². The van der Waals surface area contributed by atoms with Crippen molar-refractivity contribution in [1.82, 2.24) is 10.2 Å². The predicted molar refractivity (Wildman–Crippen MR) is 118 cm³/mol. The third-order valence-corrected chi connectivity index (χ3v) is 5.85. The summed E-state index contributed by atoms with van der Waals surface area (Å²) >= 11 is 11.8. The Morgan fingerprint density at radius 3 is 2.27 bits per heavy atom. The van der Waals surface area contributed by atoms with E-state index in [1.807, 2.05) is 24.3 Å². The molecule has 1 aliphatic rings. The quantitative estimate of drug-likeness (QED) is 0.666. The Morgan fingerprint density at radius 2 is 1.70 bits per heavy atom. The normalized spacial score (nSPS) is 19.1. The van der Waals surface area contributed by atoms with Gasteiger partial charge in [0.15, 0.2) is 0 Å². The van der Waals surface area contributed by atoms with E-state index in [4.69, 9.17) is 23.2 Å². The minimum absolute atomic E-state index is 0.0307. The fourth-order valence-corrected chi connectivity index (χ4v) is 3.56. The zero-order chi connectivity index (χ0) is 22.3. The van der Waals surface area contributed by atoms with E-state index in [0.29, 0.717) is 16.3 Å². The smallest absolute Gasteiger partial charge is 0.324 e. The Labute approximate surface area is 185 Å². The molecule has 0 aromatic heterocycles. The lowest BCUT2D eigenvalue weighted by atomic mass is 9.84. The Bertz CT molecular complexity index is 1020. The molecule has 2 aromatic carbocycles. The lowest BCUT2D eigenvalue weighted by Crippen LogP contribution is -2.42. The highest BCUT2D eigenvalue weighted by atomic mass is 35.5. The van der Waals surface area contributed by atoms with Crippen molar-refractivity contribution in [3.63, 3.8) is 0 Å². The lowest BCUT2D eigenvalue weighted by molar-refractivity contribution is -0.133. The summed E-state index contributed by atoms with van der Waals surface area (Å²) in [4.78, 5) is 38.8. The molecule has 1 saturated heterocycles. The van der Waals surface area contributed by atoms with Gasteiger partial charge < -0.3 is 10.6 Å². The first-order chi connectivity index (χ1) is 13.9. The second-order valence-electron chi connectivity index (χ2n) is 8.45. The van der Waals surface area contributed by atoms with Gasteiger partial charge in [-0.2, -0.15) is 0 Å². The summed E-state index contributed by atoms with van der Waals surface area (Å²) in [5.41, 5.74) is 0.918. The SMILES string of the molecule is CC(C)(C)c1ccc(C2(C)NC(=O)N(CC(=O)Nc3ccc(Cl)c(Cl)c3)C2=O)cc1. The van der Waals surface area contributed by atoms with E-state index in [9.17, 15) is 14.4 Å². The third-order valence-electron chi connectivity index (χ3n) is 5.11. The number of rotatable bonds is 4. The van der Waals surface area contributed by atoms with E-state index in [0.717, 1.165) is 10.5 Å². The molecule has 1 fully saturated rings. The molecule has 30 heavy (non-hydrogen) atoms. The summed E-state index contributed by atoms with van der Waals surface area (Å²) in [7, 11) is 0. The van der Waals surface area contributed by atoms with E-state index in [1.54, 1.807) is 19.1 Å². The molecule has 0 aliphatic carbocycles. The van der Waals surface area contributed by atoms with Crippen LogP contribution in [0.25, 0.3) is 0 Å². The van der Waals surface area contributed by atoms with Crippen LogP contribution >= 0.6 is 23.2 Å². The number of nitrogens with one attached hydrogen (secondary N) is 2. The van der Waals surface area contributed by atoms with Gasteiger partial charge in [-0.05, 0) is 41.7 Å². The van der Waals surface area contributed by atoms with Crippen LogP contribution in [-0.2, 0) is 20.5 Å². The number of urea groups is 1. The molecule has 158 valence electrons. The summed E-state index contributed by atoms with van der Waals surface area (Å²) in [6.45, 7) is 7.51. The van der Waals surface area contributed by atoms with Gasteiger partial charge in [0.1, 0.15) is 12.1 Å². The van der Waals surface area contributed by atoms with Crippen LogP contribution in [0.1, 0.15) is 38.8 Å². The van der Waals surface area contributed by atoms with Gasteiger partial charge in [0.05, 0.1) is 10.0 Å². The topological polar surface area (TPSA) is 78.5 Å². The van der Waals surface area contributed by atoms with Crippen LogP contribution in [-0.4, -0.2) is 29.3 Å². The number of amides is 4. The number of halogens is 2. The minimum atomic E-state index is -1.24. The molecule has 2 aromatic rings. The van der Waals surface area contributed by atoms with Crippen molar-refractivity contribution < 1.29 is 14.4 Å². The van der Waals surface area contributed by atoms with Crippen LogP contribution in [0.3, 0.4) is 0 Å². The Balaban J connectivity index is 1.75. The molecule has 0 bridgehead atoms. The molecule has 6 nitrogen and oxygen atoms in total. The molecule has 8 heteroatoms. The summed E-state index contributed by atoms with van der Waals surface area (Å²) < 4.78 is 0. The largest absolute Gasteiger partial charge is 0.325 e. The van der Waals surface area contributed by atoms with Gasteiger partial charge in [0, 0.05) is 5.69 Å². The fraction of sp³-hybridized carbons (Fsp3) is 0.318. The zero-order valence-electron chi connectivity index (χ0n) is 17.2. The van der Waals surface area contributed by atoms with Crippen molar-refractivity contribution in [2.45, 2.75) is 38.6 Å². The van der Waals surface area contributed by atoms with Crippen LogP contribution in [0.15, 0.2) is 42.5 Å². The number of anilines is 1. The van der Waals surface area contributed by atoms with Crippen LogP contribution < -0.4 is 10.6 Å². The number of hydrogen-bond acceptors (Lipinski definition) is 3. The van der Waals surface area contributed by atoms with Gasteiger partial charge in [-0.3, -0.25) is 14.5 Å². The summed E-state index contributed by atoms with van der Waals surface area (Å²) in [5, 5.41) is 5.97. The van der Waals surface area contributed by atoms with Crippen molar-refractivity contribution in [2.24, 2.45) is 0 Å². The lowest BCUT2D eigenvalue weighted by Gasteiger charge is -2.24. The molecule has 0 saturated carbocycles. The number of carbonyl (C=O) groups is 3. The van der Waals surface area contributed by atoms with Crippen molar-refractivity contribution in [2.75, 3.05) is 11.9 Å². The molecule has 0 spiro atoms. The first-order valence-corrected chi connectivity index (χ1v) is 10.2. The monoisotopic (exact) mass is 447 g/mol. The first-order valence-electron chi connectivity index (χ1n) is 9.42.